The maximum Gasteiger partial charge on any atom is 0.335 e. The van der Waals surface area contributed by atoms with Crippen LogP contribution in [0.5, 0.6) is 0 Å². The number of carboxylic acid groups (broad SMARTS) is 1. The summed E-state index contributed by atoms with van der Waals surface area (Å²) in [5.74, 6) is 0.119. The SMILES string of the molecule is CC(C)C1=CCC(c2ccc(-c3cccc(C(=O)O)c3)s2)C=C1. The van der Waals surface area contributed by atoms with Gasteiger partial charge >= 0.3 is 5.97 Å². The van der Waals surface area contributed by atoms with Crippen molar-refractivity contribution in [3.8, 4) is 10.4 Å². The molecule has 1 unspecified atom stereocenters. The first-order valence-corrected chi connectivity index (χ1v) is 8.68. The Balaban J connectivity index is 1.81. The summed E-state index contributed by atoms with van der Waals surface area (Å²) in [6.45, 7) is 4.43. The van der Waals surface area contributed by atoms with Gasteiger partial charge in [-0.25, -0.2) is 4.79 Å². The second-order valence-electron chi connectivity index (χ2n) is 6.15. The molecule has 2 nitrogen and oxygen atoms in total. The molecule has 1 aromatic heterocycles. The van der Waals surface area contributed by atoms with Crippen molar-refractivity contribution >= 4 is 17.3 Å². The number of allylic oxidation sites excluding steroid dienone is 4. The largest absolute Gasteiger partial charge is 0.478 e. The number of aromatic carboxylic acids is 1. The summed E-state index contributed by atoms with van der Waals surface area (Å²) >= 11 is 1.75. The van der Waals surface area contributed by atoms with Crippen LogP contribution >= 0.6 is 11.3 Å². The minimum absolute atomic E-state index is 0.333. The lowest BCUT2D eigenvalue weighted by molar-refractivity contribution is 0.0697. The van der Waals surface area contributed by atoms with Gasteiger partial charge in [0.1, 0.15) is 0 Å². The number of hydrogen-bond donors (Lipinski definition) is 1. The highest BCUT2D eigenvalue weighted by molar-refractivity contribution is 7.15. The molecule has 1 atom stereocenters. The Hall–Kier alpha value is -2.13. The average molecular weight is 324 g/mol. The molecular weight excluding hydrogens is 304 g/mol. The number of carboxylic acids is 1. The molecule has 23 heavy (non-hydrogen) atoms. The number of thiophene rings is 1. The molecule has 1 aliphatic rings. The van der Waals surface area contributed by atoms with Gasteiger partial charge in [-0.1, -0.05) is 44.2 Å². The summed E-state index contributed by atoms with van der Waals surface area (Å²) in [4.78, 5) is 13.6. The molecule has 0 saturated heterocycles. The van der Waals surface area contributed by atoms with E-state index in [0.29, 0.717) is 17.4 Å². The number of benzene rings is 1. The number of rotatable bonds is 4. The van der Waals surface area contributed by atoms with Crippen LogP contribution in [0.2, 0.25) is 0 Å². The highest BCUT2D eigenvalue weighted by Gasteiger charge is 2.15. The Bertz CT molecular complexity index is 780. The zero-order chi connectivity index (χ0) is 16.4. The molecule has 1 N–H and O–H groups in total. The Labute approximate surface area is 140 Å². The number of hydrogen-bond acceptors (Lipinski definition) is 2. The van der Waals surface area contributed by atoms with Crippen molar-refractivity contribution in [2.75, 3.05) is 0 Å². The van der Waals surface area contributed by atoms with Crippen LogP contribution in [0.1, 0.15) is 41.4 Å². The van der Waals surface area contributed by atoms with Crippen LogP contribution < -0.4 is 0 Å². The Morgan fingerprint density at radius 1 is 1.26 bits per heavy atom. The minimum atomic E-state index is -0.884. The lowest BCUT2D eigenvalue weighted by Gasteiger charge is -2.16. The molecular formula is C20H20O2S. The van der Waals surface area contributed by atoms with Gasteiger partial charge in [-0.2, -0.15) is 0 Å². The van der Waals surface area contributed by atoms with E-state index in [1.165, 1.54) is 10.5 Å². The van der Waals surface area contributed by atoms with Crippen molar-refractivity contribution in [3.05, 3.63) is 70.6 Å². The van der Waals surface area contributed by atoms with Crippen molar-refractivity contribution in [2.24, 2.45) is 5.92 Å². The second-order valence-corrected chi connectivity index (χ2v) is 7.26. The Morgan fingerprint density at radius 3 is 2.74 bits per heavy atom. The predicted octanol–water partition coefficient (Wildman–Crippen LogP) is 5.74. The van der Waals surface area contributed by atoms with E-state index in [-0.39, 0.29) is 0 Å². The molecule has 0 radical (unpaired) electrons. The van der Waals surface area contributed by atoms with Crippen LogP contribution in [0, 0.1) is 5.92 Å². The van der Waals surface area contributed by atoms with E-state index in [9.17, 15) is 4.79 Å². The Morgan fingerprint density at radius 2 is 2.09 bits per heavy atom. The fourth-order valence-electron chi connectivity index (χ4n) is 2.79. The zero-order valence-corrected chi connectivity index (χ0v) is 14.1. The van der Waals surface area contributed by atoms with Crippen molar-refractivity contribution in [2.45, 2.75) is 26.2 Å². The third kappa shape index (κ3) is 3.45. The first-order valence-electron chi connectivity index (χ1n) is 7.86. The fourth-order valence-corrected chi connectivity index (χ4v) is 3.89. The van der Waals surface area contributed by atoms with Gasteiger partial charge in [0.05, 0.1) is 5.56 Å². The first-order chi connectivity index (χ1) is 11.0. The summed E-state index contributed by atoms with van der Waals surface area (Å²) in [5, 5.41) is 9.12. The van der Waals surface area contributed by atoms with Gasteiger partial charge < -0.3 is 5.11 Å². The average Bonchev–Trinajstić information content (AvgIpc) is 3.05. The van der Waals surface area contributed by atoms with Crippen molar-refractivity contribution in [3.63, 3.8) is 0 Å². The molecule has 1 aromatic carbocycles. The molecule has 0 saturated carbocycles. The zero-order valence-electron chi connectivity index (χ0n) is 13.3. The maximum absolute atomic E-state index is 11.1. The van der Waals surface area contributed by atoms with Crippen molar-refractivity contribution in [1.82, 2.24) is 0 Å². The van der Waals surface area contributed by atoms with Gasteiger partial charge in [-0.05, 0) is 47.7 Å². The molecule has 118 valence electrons. The molecule has 1 aliphatic carbocycles. The summed E-state index contributed by atoms with van der Waals surface area (Å²) in [5.41, 5.74) is 2.71. The van der Waals surface area contributed by atoms with Gasteiger partial charge in [0.25, 0.3) is 0 Å². The van der Waals surface area contributed by atoms with E-state index in [0.717, 1.165) is 16.9 Å². The van der Waals surface area contributed by atoms with Gasteiger partial charge in [-0.3, -0.25) is 0 Å². The van der Waals surface area contributed by atoms with E-state index in [2.05, 4.69) is 44.2 Å². The minimum Gasteiger partial charge on any atom is -0.478 e. The van der Waals surface area contributed by atoms with E-state index in [4.69, 9.17) is 5.11 Å². The van der Waals surface area contributed by atoms with E-state index < -0.39 is 5.97 Å². The molecule has 0 amide bonds. The fraction of sp³-hybridized carbons (Fsp3) is 0.250. The van der Waals surface area contributed by atoms with Crippen LogP contribution in [0.15, 0.2) is 60.2 Å². The van der Waals surface area contributed by atoms with Crippen LogP contribution in [-0.4, -0.2) is 11.1 Å². The van der Waals surface area contributed by atoms with Gasteiger partial charge in [0.15, 0.2) is 0 Å². The van der Waals surface area contributed by atoms with Crippen LogP contribution in [0.25, 0.3) is 10.4 Å². The van der Waals surface area contributed by atoms with Gasteiger partial charge in [0, 0.05) is 15.7 Å². The summed E-state index contributed by atoms with van der Waals surface area (Å²) in [6.07, 6.45) is 7.90. The molecule has 0 bridgehead atoms. The standard InChI is InChI=1S/C20H20O2S/c1-13(2)14-6-8-15(9-7-14)18-10-11-19(23-18)16-4-3-5-17(12-16)20(21)22/h3-8,10-13,15H,9H2,1-2H3,(H,21,22). The first kappa shape index (κ1) is 15.8. The summed E-state index contributed by atoms with van der Waals surface area (Å²) < 4.78 is 0. The monoisotopic (exact) mass is 324 g/mol. The van der Waals surface area contributed by atoms with Gasteiger partial charge in [-0.15, -0.1) is 11.3 Å². The molecule has 0 fully saturated rings. The second kappa shape index (κ2) is 6.55. The quantitative estimate of drug-likeness (QED) is 0.778. The molecule has 0 aliphatic heterocycles. The normalized spacial score (nSPS) is 17.3. The Kier molecular flexibility index (Phi) is 4.49. The van der Waals surface area contributed by atoms with Crippen molar-refractivity contribution < 1.29 is 9.90 Å². The van der Waals surface area contributed by atoms with E-state index in [1.807, 2.05) is 6.07 Å². The van der Waals surface area contributed by atoms with Crippen LogP contribution in [0.4, 0.5) is 0 Å². The lowest BCUT2D eigenvalue weighted by Crippen LogP contribution is -2.00. The summed E-state index contributed by atoms with van der Waals surface area (Å²) in [7, 11) is 0. The lowest BCUT2D eigenvalue weighted by atomic mass is 9.91. The van der Waals surface area contributed by atoms with Crippen LogP contribution in [0.3, 0.4) is 0 Å². The van der Waals surface area contributed by atoms with E-state index in [1.54, 1.807) is 29.5 Å². The molecule has 1 heterocycles. The molecule has 3 rings (SSSR count). The molecule has 0 spiro atoms. The highest BCUT2D eigenvalue weighted by atomic mass is 32.1. The topological polar surface area (TPSA) is 37.3 Å². The smallest absolute Gasteiger partial charge is 0.335 e. The molecule has 2 aromatic rings. The third-order valence-electron chi connectivity index (χ3n) is 4.18. The number of carbonyl (C=O) groups is 1. The van der Waals surface area contributed by atoms with E-state index >= 15 is 0 Å². The van der Waals surface area contributed by atoms with Gasteiger partial charge in [0.2, 0.25) is 0 Å². The maximum atomic E-state index is 11.1. The predicted molar refractivity (Wildman–Crippen MR) is 96.1 cm³/mol. The summed E-state index contributed by atoms with van der Waals surface area (Å²) in [6, 6.07) is 11.4. The third-order valence-corrected chi connectivity index (χ3v) is 5.45. The van der Waals surface area contributed by atoms with Crippen molar-refractivity contribution in [1.29, 1.82) is 0 Å². The molecule has 3 heteroatoms. The highest BCUT2D eigenvalue weighted by Crippen LogP contribution is 2.37. The van der Waals surface area contributed by atoms with Crippen LogP contribution in [-0.2, 0) is 0 Å².